The van der Waals surface area contributed by atoms with Crippen molar-refractivity contribution < 1.29 is 14.0 Å². The molecule has 1 aliphatic rings. The lowest BCUT2D eigenvalue weighted by molar-refractivity contribution is -0.137. The minimum atomic E-state index is -0.708. The molecule has 1 saturated heterocycles. The zero-order valence-electron chi connectivity index (χ0n) is 19.0. The molecule has 0 unspecified atom stereocenters. The van der Waals surface area contributed by atoms with E-state index in [0.29, 0.717) is 50.3 Å². The predicted molar refractivity (Wildman–Crippen MR) is 132 cm³/mol. The number of nitrogens with zero attached hydrogens (tertiary/aromatic N) is 1. The molecule has 3 aromatic carbocycles. The Labute approximate surface area is 204 Å². The smallest absolute Gasteiger partial charge is 0.231 e. The van der Waals surface area contributed by atoms with Crippen molar-refractivity contribution >= 4 is 23.4 Å². The van der Waals surface area contributed by atoms with E-state index >= 15 is 0 Å². The standard InChI is InChI=1S/C28H28ClFN2O2/c29-25-9-5-4-6-22(25)12-15-26(33)32-18-16-28(17-19-32,23-7-2-1-3-8-23)27(34)31-20-21-10-13-24(30)14-11-21/h1-11,13-14H,12,15-20H2,(H,31,34). The first-order valence-electron chi connectivity index (χ1n) is 11.6. The van der Waals surface area contributed by atoms with Gasteiger partial charge in [0.1, 0.15) is 5.82 Å². The van der Waals surface area contributed by atoms with Gasteiger partial charge in [0.15, 0.2) is 0 Å². The van der Waals surface area contributed by atoms with Crippen molar-refractivity contribution in [2.45, 2.75) is 37.6 Å². The van der Waals surface area contributed by atoms with Crippen LogP contribution in [0.25, 0.3) is 0 Å². The van der Waals surface area contributed by atoms with E-state index in [9.17, 15) is 14.0 Å². The van der Waals surface area contributed by atoms with Crippen molar-refractivity contribution in [3.8, 4) is 0 Å². The number of likely N-dealkylation sites (tertiary alicyclic amines) is 1. The third-order valence-electron chi connectivity index (χ3n) is 6.66. The first-order valence-corrected chi connectivity index (χ1v) is 12.0. The molecule has 1 N–H and O–H groups in total. The van der Waals surface area contributed by atoms with Crippen LogP contribution in [0.2, 0.25) is 5.02 Å². The van der Waals surface area contributed by atoms with Gasteiger partial charge in [0.2, 0.25) is 11.8 Å². The molecule has 0 aromatic heterocycles. The van der Waals surface area contributed by atoms with Crippen LogP contribution < -0.4 is 5.32 Å². The Hall–Kier alpha value is -3.18. The van der Waals surface area contributed by atoms with Crippen LogP contribution in [0.4, 0.5) is 4.39 Å². The summed E-state index contributed by atoms with van der Waals surface area (Å²) in [5, 5.41) is 3.72. The third-order valence-corrected chi connectivity index (χ3v) is 7.03. The number of aryl methyl sites for hydroxylation is 1. The third kappa shape index (κ3) is 5.48. The average Bonchev–Trinajstić information content (AvgIpc) is 2.88. The Morgan fingerprint density at radius 3 is 2.24 bits per heavy atom. The van der Waals surface area contributed by atoms with Crippen LogP contribution in [0.1, 0.15) is 36.0 Å². The van der Waals surface area contributed by atoms with Gasteiger partial charge in [-0.15, -0.1) is 0 Å². The fourth-order valence-corrected chi connectivity index (χ4v) is 4.83. The zero-order chi connectivity index (χ0) is 24.0. The Morgan fingerprint density at radius 1 is 0.912 bits per heavy atom. The summed E-state index contributed by atoms with van der Waals surface area (Å²) in [6, 6.07) is 23.5. The molecule has 6 heteroatoms. The monoisotopic (exact) mass is 478 g/mol. The fraction of sp³-hybridized carbons (Fsp3) is 0.286. The van der Waals surface area contributed by atoms with Gasteiger partial charge in [-0.3, -0.25) is 9.59 Å². The number of carbonyl (C=O) groups excluding carboxylic acids is 2. The summed E-state index contributed by atoms with van der Waals surface area (Å²) in [5.41, 5.74) is 2.05. The van der Waals surface area contributed by atoms with E-state index in [-0.39, 0.29) is 17.6 Å². The van der Waals surface area contributed by atoms with E-state index in [1.165, 1.54) is 12.1 Å². The molecule has 176 valence electrons. The van der Waals surface area contributed by atoms with Crippen molar-refractivity contribution in [2.24, 2.45) is 0 Å². The van der Waals surface area contributed by atoms with Crippen molar-refractivity contribution in [3.05, 3.63) is 106 Å². The SMILES string of the molecule is O=C(CCc1ccccc1Cl)N1CCC(C(=O)NCc2ccc(F)cc2)(c2ccccc2)CC1. The number of hydrogen-bond donors (Lipinski definition) is 1. The molecule has 1 aliphatic heterocycles. The van der Waals surface area contributed by atoms with Crippen molar-refractivity contribution in [2.75, 3.05) is 13.1 Å². The topological polar surface area (TPSA) is 49.4 Å². The summed E-state index contributed by atoms with van der Waals surface area (Å²) >= 11 is 6.23. The highest BCUT2D eigenvalue weighted by Crippen LogP contribution is 2.36. The van der Waals surface area contributed by atoms with Crippen LogP contribution in [-0.2, 0) is 28.0 Å². The van der Waals surface area contributed by atoms with Crippen LogP contribution in [0.5, 0.6) is 0 Å². The number of nitrogens with one attached hydrogen (secondary N) is 1. The highest BCUT2D eigenvalue weighted by Gasteiger charge is 2.43. The van der Waals surface area contributed by atoms with E-state index in [2.05, 4.69) is 5.32 Å². The molecule has 0 radical (unpaired) electrons. The molecule has 4 rings (SSSR count). The van der Waals surface area contributed by atoms with Crippen molar-refractivity contribution in [3.63, 3.8) is 0 Å². The van der Waals surface area contributed by atoms with Gasteiger partial charge in [0.05, 0.1) is 5.41 Å². The Kier molecular flexibility index (Phi) is 7.63. The molecule has 4 nitrogen and oxygen atoms in total. The van der Waals surface area contributed by atoms with Gasteiger partial charge in [-0.1, -0.05) is 72.3 Å². The summed E-state index contributed by atoms with van der Waals surface area (Å²) < 4.78 is 13.2. The largest absolute Gasteiger partial charge is 0.351 e. The van der Waals surface area contributed by atoms with E-state index in [0.717, 1.165) is 16.7 Å². The first kappa shape index (κ1) is 24.0. The summed E-state index contributed by atoms with van der Waals surface area (Å²) in [5.74, 6) is -0.290. The maximum atomic E-state index is 13.5. The molecule has 3 aromatic rings. The van der Waals surface area contributed by atoms with E-state index in [1.807, 2.05) is 59.5 Å². The molecule has 0 aliphatic carbocycles. The Bertz CT molecular complexity index is 1130. The van der Waals surface area contributed by atoms with Crippen LogP contribution in [-0.4, -0.2) is 29.8 Å². The molecule has 0 bridgehead atoms. The molecule has 1 heterocycles. The van der Waals surface area contributed by atoms with Gasteiger partial charge < -0.3 is 10.2 Å². The van der Waals surface area contributed by atoms with E-state index in [1.54, 1.807) is 12.1 Å². The summed E-state index contributed by atoms with van der Waals surface area (Å²) in [4.78, 5) is 28.2. The van der Waals surface area contributed by atoms with Crippen LogP contribution >= 0.6 is 11.6 Å². The lowest BCUT2D eigenvalue weighted by Crippen LogP contribution is -2.52. The van der Waals surface area contributed by atoms with Crippen molar-refractivity contribution in [1.82, 2.24) is 10.2 Å². The number of rotatable bonds is 7. The van der Waals surface area contributed by atoms with Crippen LogP contribution in [0, 0.1) is 5.82 Å². The van der Waals surface area contributed by atoms with Gasteiger partial charge in [0.25, 0.3) is 0 Å². The maximum Gasteiger partial charge on any atom is 0.231 e. The first-order chi connectivity index (χ1) is 16.5. The summed E-state index contributed by atoms with van der Waals surface area (Å²) in [6.07, 6.45) is 2.07. The van der Waals surface area contributed by atoms with E-state index in [4.69, 9.17) is 11.6 Å². The molecule has 34 heavy (non-hydrogen) atoms. The highest BCUT2D eigenvalue weighted by molar-refractivity contribution is 6.31. The normalized spacial score (nSPS) is 15.1. The second kappa shape index (κ2) is 10.8. The predicted octanol–water partition coefficient (Wildman–Crippen LogP) is 5.29. The van der Waals surface area contributed by atoms with E-state index < -0.39 is 5.41 Å². The maximum absolute atomic E-state index is 13.5. The number of carbonyl (C=O) groups is 2. The number of halogens is 2. The second-order valence-electron chi connectivity index (χ2n) is 8.73. The lowest BCUT2D eigenvalue weighted by Gasteiger charge is -2.41. The quantitative estimate of drug-likeness (QED) is 0.501. The van der Waals surface area contributed by atoms with Gasteiger partial charge in [-0.25, -0.2) is 4.39 Å². The molecule has 0 saturated carbocycles. The summed E-state index contributed by atoms with van der Waals surface area (Å²) in [7, 11) is 0. The van der Waals surface area contributed by atoms with Crippen LogP contribution in [0.3, 0.4) is 0 Å². The zero-order valence-corrected chi connectivity index (χ0v) is 19.7. The van der Waals surface area contributed by atoms with Gasteiger partial charge in [-0.2, -0.15) is 0 Å². The van der Waals surface area contributed by atoms with Crippen molar-refractivity contribution in [1.29, 1.82) is 0 Å². The summed E-state index contributed by atoms with van der Waals surface area (Å²) in [6.45, 7) is 1.36. The number of benzene rings is 3. The second-order valence-corrected chi connectivity index (χ2v) is 9.14. The average molecular weight is 479 g/mol. The molecule has 0 spiro atoms. The lowest BCUT2D eigenvalue weighted by atomic mass is 9.72. The van der Waals surface area contributed by atoms with Gasteiger partial charge in [0, 0.05) is 31.1 Å². The number of piperidine rings is 1. The molecule has 2 amide bonds. The molecular formula is C28H28ClFN2O2. The Morgan fingerprint density at radius 2 is 1.56 bits per heavy atom. The number of hydrogen-bond acceptors (Lipinski definition) is 2. The molecule has 1 fully saturated rings. The highest BCUT2D eigenvalue weighted by atomic mass is 35.5. The van der Waals surface area contributed by atoms with Crippen LogP contribution in [0.15, 0.2) is 78.9 Å². The molecule has 0 atom stereocenters. The van der Waals surface area contributed by atoms with Gasteiger partial charge >= 0.3 is 0 Å². The van der Waals surface area contributed by atoms with Gasteiger partial charge in [-0.05, 0) is 54.2 Å². The minimum absolute atomic E-state index is 0.0637. The molecular weight excluding hydrogens is 451 g/mol. The minimum Gasteiger partial charge on any atom is -0.351 e. The number of amides is 2. The Balaban J connectivity index is 1.42. The fourth-order valence-electron chi connectivity index (χ4n) is 4.60.